The molecule has 1 saturated carbocycles. The first-order valence-electron chi connectivity index (χ1n) is 10.9. The normalized spacial score (nSPS) is 23.7. The van der Waals surface area contributed by atoms with Crippen LogP contribution in [0.5, 0.6) is 0 Å². The average Bonchev–Trinajstić information content (AvgIpc) is 3.20. The van der Waals surface area contributed by atoms with Crippen molar-refractivity contribution in [2.45, 2.75) is 64.4 Å². The number of halogens is 1. The van der Waals surface area contributed by atoms with Crippen molar-refractivity contribution < 1.29 is 19.8 Å². The third-order valence-electron chi connectivity index (χ3n) is 5.84. The molecule has 0 amide bonds. The molecular weight excluding hydrogens is 475 g/mol. The molecule has 0 spiro atoms. The third-order valence-corrected chi connectivity index (χ3v) is 8.04. The second kappa shape index (κ2) is 13.3. The molecule has 167 valence electrons. The van der Waals surface area contributed by atoms with Gasteiger partial charge in [-0.1, -0.05) is 0 Å². The molecule has 1 heterocycles. The number of carbonyl (C=O) groups is 2. The van der Waals surface area contributed by atoms with Crippen molar-refractivity contribution in [3.05, 3.63) is 44.6 Å². The van der Waals surface area contributed by atoms with E-state index >= 15 is 0 Å². The number of aliphatic hydroxyl groups is 1. The zero-order valence-electron chi connectivity index (χ0n) is 18.0. The summed E-state index contributed by atoms with van der Waals surface area (Å²) in [7, 11) is 5.81. The van der Waals surface area contributed by atoms with E-state index in [1.165, 1.54) is 9.75 Å². The summed E-state index contributed by atoms with van der Waals surface area (Å²) in [5.74, 6) is 1.05. The van der Waals surface area contributed by atoms with Crippen molar-refractivity contribution in [3.63, 3.8) is 0 Å². The number of aryl methyl sites for hydroxylation is 2. The topological polar surface area (TPSA) is 74.6 Å². The van der Waals surface area contributed by atoms with E-state index in [9.17, 15) is 14.7 Å². The van der Waals surface area contributed by atoms with Crippen LogP contribution in [-0.4, -0.2) is 41.5 Å². The molecule has 1 aromatic heterocycles. The van der Waals surface area contributed by atoms with Crippen LogP contribution in [0.3, 0.4) is 0 Å². The molecule has 0 aromatic carbocycles. The number of carboxylic acids is 1. The number of allylic oxidation sites excluding steroid dienone is 4. The van der Waals surface area contributed by atoms with Gasteiger partial charge in [0.05, 0.1) is 0 Å². The van der Waals surface area contributed by atoms with Crippen LogP contribution in [0.25, 0.3) is 0 Å². The fourth-order valence-corrected chi connectivity index (χ4v) is 5.76. The minimum absolute atomic E-state index is 0.0102. The van der Waals surface area contributed by atoms with Gasteiger partial charge in [0.2, 0.25) is 0 Å². The van der Waals surface area contributed by atoms with Gasteiger partial charge in [-0.15, -0.1) is 0 Å². The number of unbranched alkanes of at least 4 members (excludes halogenated alkanes) is 1. The van der Waals surface area contributed by atoms with Crippen LogP contribution in [0.1, 0.15) is 54.7 Å². The number of ketones is 1. The molecule has 1 unspecified atom stereocenters. The van der Waals surface area contributed by atoms with E-state index in [4.69, 9.17) is 12.6 Å². The van der Waals surface area contributed by atoms with Gasteiger partial charge >= 0.3 is 176 Å². The Balaban J connectivity index is 1.85. The van der Waals surface area contributed by atoms with Crippen molar-refractivity contribution in [1.82, 2.24) is 0 Å². The first-order valence-corrected chi connectivity index (χ1v) is 12.5. The van der Waals surface area contributed by atoms with Crippen molar-refractivity contribution in [2.24, 2.45) is 17.8 Å². The van der Waals surface area contributed by atoms with Crippen LogP contribution in [-0.2, 0) is 16.0 Å². The van der Waals surface area contributed by atoms with Gasteiger partial charge in [-0.25, -0.2) is 0 Å². The summed E-state index contributed by atoms with van der Waals surface area (Å²) in [5.41, 5.74) is 0. The van der Waals surface area contributed by atoms with Crippen LogP contribution in [0.15, 0.2) is 34.8 Å². The molecule has 2 rings (SSSR count). The second-order valence-electron chi connectivity index (χ2n) is 8.19. The Labute approximate surface area is 198 Å². The van der Waals surface area contributed by atoms with Gasteiger partial charge in [0, 0.05) is 0 Å². The molecule has 4 nitrogen and oxygen atoms in total. The summed E-state index contributed by atoms with van der Waals surface area (Å²) in [6.45, 7) is 2.08. The molecule has 0 bridgehead atoms. The van der Waals surface area contributed by atoms with Crippen molar-refractivity contribution >= 4 is 52.5 Å². The van der Waals surface area contributed by atoms with Gasteiger partial charge in [-0.05, 0) is 22.9 Å². The van der Waals surface area contributed by atoms with Gasteiger partial charge in [0.1, 0.15) is 0 Å². The summed E-state index contributed by atoms with van der Waals surface area (Å²) < 4.78 is 1.13. The van der Waals surface area contributed by atoms with Gasteiger partial charge in [0.15, 0.2) is 0 Å². The fraction of sp³-hybridized carbons (Fsp3) is 0.542. The van der Waals surface area contributed by atoms with Gasteiger partial charge in [-0.3, -0.25) is 0 Å². The quantitative estimate of drug-likeness (QED) is 0.170. The maximum absolute atomic E-state index is 12.4. The van der Waals surface area contributed by atoms with Crippen LogP contribution >= 0.6 is 27.3 Å². The number of aliphatic hydroxyl groups excluding tert-OH is 1. The van der Waals surface area contributed by atoms with Crippen LogP contribution in [0, 0.1) is 24.7 Å². The minimum atomic E-state index is -0.783. The molecule has 0 aliphatic heterocycles. The predicted octanol–water partition coefficient (Wildman–Crippen LogP) is 5.05. The number of hydrogen-bond acceptors (Lipinski definition) is 4. The van der Waals surface area contributed by atoms with Crippen molar-refractivity contribution in [3.8, 4) is 0 Å². The molecule has 7 heteroatoms. The molecule has 2 N–H and O–H groups in total. The van der Waals surface area contributed by atoms with Gasteiger partial charge < -0.3 is 0 Å². The molecule has 31 heavy (non-hydrogen) atoms. The van der Waals surface area contributed by atoms with Gasteiger partial charge in [-0.2, -0.15) is 0 Å². The average molecular weight is 506 g/mol. The first kappa shape index (κ1) is 26.0. The van der Waals surface area contributed by atoms with Crippen LogP contribution in [0.4, 0.5) is 0 Å². The van der Waals surface area contributed by atoms with Crippen molar-refractivity contribution in [1.29, 1.82) is 0 Å². The summed E-state index contributed by atoms with van der Waals surface area (Å²) in [4.78, 5) is 25.5. The maximum atomic E-state index is 12.4. The molecule has 1 aliphatic carbocycles. The van der Waals surface area contributed by atoms with E-state index in [2.05, 4.69) is 28.9 Å². The molecule has 0 saturated heterocycles. The fourth-order valence-electron chi connectivity index (χ4n) is 4.11. The first-order chi connectivity index (χ1) is 14.8. The third kappa shape index (κ3) is 8.62. The van der Waals surface area contributed by atoms with Crippen LogP contribution < -0.4 is 0 Å². The van der Waals surface area contributed by atoms with E-state index in [1.807, 2.05) is 18.2 Å². The number of carboxylic acid groups (broad SMARTS) is 1. The predicted molar refractivity (Wildman–Crippen MR) is 132 cm³/mol. The second-order valence-corrected chi connectivity index (χ2v) is 10.4. The Morgan fingerprint density at radius 1 is 1.29 bits per heavy atom. The summed E-state index contributed by atoms with van der Waals surface area (Å²) in [6.07, 6.45) is 12.1. The number of thiophene rings is 1. The Kier molecular flexibility index (Phi) is 11.1. The zero-order valence-corrected chi connectivity index (χ0v) is 20.4. The van der Waals surface area contributed by atoms with E-state index < -0.39 is 12.1 Å². The van der Waals surface area contributed by atoms with Crippen LogP contribution in [0.2, 0.25) is 0 Å². The van der Waals surface area contributed by atoms with E-state index in [1.54, 1.807) is 23.4 Å². The molecule has 1 fully saturated rings. The number of aliphatic carboxylic acids is 1. The monoisotopic (exact) mass is 505 g/mol. The Bertz CT molecular complexity index is 797. The Morgan fingerprint density at radius 3 is 2.71 bits per heavy atom. The number of rotatable bonds is 13. The number of hydrogen-bond donors (Lipinski definition) is 2. The zero-order chi connectivity index (χ0) is 22.8. The molecule has 1 radical (unpaired) electrons. The van der Waals surface area contributed by atoms with Gasteiger partial charge in [0.25, 0.3) is 0 Å². The summed E-state index contributed by atoms with van der Waals surface area (Å²) in [5, 5.41) is 19.2. The SMILES string of the molecule is [B]=C[C@@H]1CC(O)[C@H](C/C=C\CCCC(=O)O)[C@H]1/C=C/C(=O)CCCc1cc(Br)c(C)s1. The molecular formula is C24H31BBrO4S. The molecule has 1 aliphatic rings. The summed E-state index contributed by atoms with van der Waals surface area (Å²) in [6, 6.07) is 2.13. The van der Waals surface area contributed by atoms with E-state index in [0.29, 0.717) is 32.1 Å². The van der Waals surface area contributed by atoms with E-state index in [0.717, 1.165) is 17.3 Å². The standard InChI is InChI=1S/C24H31BBrO4S/c1-16-22(26)14-19(31-16)8-6-7-18(27)11-12-20-17(15-25)13-23(28)21(20)9-4-2-3-5-10-24(29)30/h2,4,11-12,14-15,17,20-21,23,28H,3,5-10,13H2,1H3,(H,29,30)/b4-2-,12-11+/t17-,20-,21+,23?/m0/s1. The molecule has 1 aromatic rings. The Morgan fingerprint density at radius 2 is 2.06 bits per heavy atom. The number of carbonyl (C=O) groups excluding carboxylic acids is 1. The van der Waals surface area contributed by atoms with Crippen molar-refractivity contribution in [2.75, 3.05) is 0 Å². The Hall–Kier alpha value is -1.31. The van der Waals surface area contributed by atoms with E-state index in [-0.39, 0.29) is 30.0 Å². The molecule has 4 atom stereocenters. The summed E-state index contributed by atoms with van der Waals surface area (Å²) >= 11 is 5.29.